The monoisotopic (exact) mass is 1060 g/mol. The first-order valence-corrected chi connectivity index (χ1v) is 20.3. The smallest absolute Gasteiger partial charge is 0.227 e. The Morgan fingerprint density at radius 2 is 0.662 bits per heavy atom. The number of carbonyl (C=O) groups is 2. The largest absolute Gasteiger partial charge is 0.293 e. The van der Waals surface area contributed by atoms with Gasteiger partial charge in [-0.3, -0.25) is 9.59 Å². The Hall–Kier alpha value is -8.12. The molecule has 8 aromatic rings. The second kappa shape index (κ2) is 20.4. The lowest BCUT2D eigenvalue weighted by atomic mass is 9.12. The highest BCUT2D eigenvalue weighted by molar-refractivity contribution is 7.20. The lowest BCUT2D eigenvalue weighted by Gasteiger charge is -2.44. The minimum absolute atomic E-state index is 0.00778. The molecule has 1 aromatic heterocycles. The molecular formula is C49H19BF21NO2. The van der Waals surface area contributed by atoms with E-state index in [1.54, 1.807) is 24.3 Å². The number of benzene rings is 7. The Bertz CT molecular complexity index is 3250. The molecule has 3 nitrogen and oxygen atoms in total. The van der Waals surface area contributed by atoms with E-state index in [1.807, 2.05) is 59.2 Å². The summed E-state index contributed by atoms with van der Waals surface area (Å²) in [5.41, 5.74) is -12.1. The first-order chi connectivity index (χ1) is 34.8. The van der Waals surface area contributed by atoms with Crippen molar-refractivity contribution in [3.05, 3.63) is 230 Å². The number of hydrogen-bond donors (Lipinski definition) is 0. The lowest BCUT2D eigenvalue weighted by molar-refractivity contribution is -0.664. The van der Waals surface area contributed by atoms with E-state index in [0.29, 0.717) is 11.3 Å². The number of nitrogens with zero attached hydrogens (tertiary/aromatic N) is 1. The molecule has 0 bridgehead atoms. The third kappa shape index (κ3) is 8.65. The number of hydrogen-bond acceptors (Lipinski definition) is 2. The van der Waals surface area contributed by atoms with Gasteiger partial charge in [-0.25, -0.2) is 92.2 Å². The molecular weight excluding hydrogens is 1040 g/mol. The highest BCUT2D eigenvalue weighted by Gasteiger charge is 2.52. The van der Waals surface area contributed by atoms with Gasteiger partial charge in [0.15, 0.2) is 81.3 Å². The number of pyridine rings is 1. The summed E-state index contributed by atoms with van der Waals surface area (Å²) in [6.45, 7) is 0.102. The van der Waals surface area contributed by atoms with Crippen molar-refractivity contribution in [3.63, 3.8) is 0 Å². The Morgan fingerprint density at radius 1 is 0.338 bits per heavy atom. The zero-order valence-corrected chi connectivity index (χ0v) is 35.9. The van der Waals surface area contributed by atoms with Gasteiger partial charge in [-0.15, -0.1) is 21.9 Å². The van der Waals surface area contributed by atoms with Crippen LogP contribution in [0.15, 0.2) is 91.0 Å². The maximum absolute atomic E-state index is 15.4. The Kier molecular flexibility index (Phi) is 14.8. The van der Waals surface area contributed by atoms with E-state index >= 15 is 35.1 Å². The number of rotatable bonds is 10. The fourth-order valence-corrected chi connectivity index (χ4v) is 8.33. The number of para-hydroxylation sites is 1. The first kappa shape index (κ1) is 53.7. The van der Waals surface area contributed by atoms with Crippen LogP contribution in [-0.4, -0.2) is 17.7 Å². The van der Waals surface area contributed by atoms with Gasteiger partial charge in [-0.1, -0.05) is 54.6 Å². The van der Waals surface area contributed by atoms with E-state index in [2.05, 4.69) is 0 Å². The third-order valence-corrected chi connectivity index (χ3v) is 11.7. The van der Waals surface area contributed by atoms with Gasteiger partial charge in [0.05, 0.1) is 12.0 Å². The van der Waals surface area contributed by atoms with E-state index in [1.165, 1.54) is 12.1 Å². The van der Waals surface area contributed by atoms with Crippen LogP contribution in [0.5, 0.6) is 0 Å². The van der Waals surface area contributed by atoms with E-state index in [9.17, 15) is 66.7 Å². The normalized spacial score (nSPS) is 11.5. The van der Waals surface area contributed by atoms with Crippen LogP contribution in [0.2, 0.25) is 0 Å². The molecule has 0 aliphatic rings. The van der Waals surface area contributed by atoms with Crippen LogP contribution in [0.25, 0.3) is 10.9 Å². The molecule has 8 rings (SSSR count). The SMILES string of the molecule is Fc1c(F)c(F)c([B-](c2c(F)c(F)c(F)c(F)c2F)(c2c(F)c(F)c(F)c(F)c2F)c2c(F)c(F)c(F)c(F)c2F)c(F)c1F.O=C(C[n+]1c(CC(=O)c2ccccc2F)ccc2ccccc21)c1ccccc1. The molecule has 0 spiro atoms. The van der Waals surface area contributed by atoms with Crippen LogP contribution >= 0.6 is 0 Å². The Balaban J connectivity index is 0.000000237. The predicted octanol–water partition coefficient (Wildman–Crippen LogP) is 10.4. The third-order valence-electron chi connectivity index (χ3n) is 11.7. The number of aromatic nitrogens is 1. The number of carbonyl (C=O) groups excluding carboxylic acids is 2. The van der Waals surface area contributed by atoms with Crippen molar-refractivity contribution in [2.24, 2.45) is 0 Å². The van der Waals surface area contributed by atoms with E-state index in [4.69, 9.17) is 0 Å². The van der Waals surface area contributed by atoms with Gasteiger partial charge >= 0.3 is 0 Å². The highest BCUT2D eigenvalue weighted by Crippen LogP contribution is 2.31. The summed E-state index contributed by atoms with van der Waals surface area (Å²) in [5, 5.41) is 0.968. The average Bonchev–Trinajstić information content (AvgIpc) is 3.39. The molecule has 0 unspecified atom stereocenters. The summed E-state index contributed by atoms with van der Waals surface area (Å²) in [4.78, 5) is 25.6. The molecule has 0 aliphatic carbocycles. The summed E-state index contributed by atoms with van der Waals surface area (Å²) in [6.07, 6.45) is -7.21. The molecule has 0 aliphatic heterocycles. The topological polar surface area (TPSA) is 38.0 Å². The predicted molar refractivity (Wildman–Crippen MR) is 219 cm³/mol. The van der Waals surface area contributed by atoms with Crippen LogP contribution in [0.4, 0.5) is 92.2 Å². The maximum Gasteiger partial charge on any atom is 0.227 e. The van der Waals surface area contributed by atoms with Crippen LogP contribution in [0.1, 0.15) is 26.4 Å². The van der Waals surface area contributed by atoms with Gasteiger partial charge < -0.3 is 0 Å². The molecule has 0 saturated heterocycles. The van der Waals surface area contributed by atoms with Crippen LogP contribution in [0, 0.1) is 122 Å². The zero-order valence-electron chi connectivity index (χ0n) is 35.9. The quantitative estimate of drug-likeness (QED) is 0.0342. The van der Waals surface area contributed by atoms with Crippen LogP contribution in [0.3, 0.4) is 0 Å². The van der Waals surface area contributed by atoms with Crippen molar-refractivity contribution in [1.82, 2.24) is 0 Å². The second-order valence-electron chi connectivity index (χ2n) is 15.6. The van der Waals surface area contributed by atoms with Gasteiger partial charge in [0.2, 0.25) is 17.8 Å². The van der Waals surface area contributed by atoms with Crippen molar-refractivity contribution in [2.45, 2.75) is 13.0 Å². The molecule has 0 N–H and O–H groups in total. The maximum atomic E-state index is 15.4. The van der Waals surface area contributed by atoms with Crippen molar-refractivity contribution in [2.75, 3.05) is 0 Å². The molecule has 382 valence electrons. The number of halogens is 21. The minimum atomic E-state index is -7.22. The summed E-state index contributed by atoms with van der Waals surface area (Å²) < 4.78 is 310. The molecule has 25 heteroatoms. The van der Waals surface area contributed by atoms with Gasteiger partial charge in [0.25, 0.3) is 0 Å². The van der Waals surface area contributed by atoms with Crippen molar-refractivity contribution in [3.8, 4) is 0 Å². The molecule has 0 fully saturated rings. The molecule has 1 heterocycles. The summed E-state index contributed by atoms with van der Waals surface area (Å²) in [5.74, 6) is -72.3. The standard InChI is InChI=1S/C25H19FNO2.C24BF20/c26-22-12-6-5-11-21(22)24(28)16-20-15-14-18-8-4-7-13-23(18)27(20)17-25(29)19-9-2-1-3-10-19;26-5-1(6(27)14(35)21(42)13(5)34)25(2-7(28)15(36)22(43)16(37)8(2)29,3-9(30)17(38)23(44)18(39)10(3)31)4-11(32)19(40)24(45)20(41)12(4)33/h1-15H,16-17H2;/q+1;-1. The van der Waals surface area contributed by atoms with Gasteiger partial charge in [0, 0.05) is 23.1 Å². The number of fused-ring (bicyclic) bond motifs is 1. The highest BCUT2D eigenvalue weighted by atomic mass is 19.2. The van der Waals surface area contributed by atoms with Crippen molar-refractivity contribution in [1.29, 1.82) is 0 Å². The zero-order chi connectivity index (χ0) is 54.6. The van der Waals surface area contributed by atoms with Gasteiger partial charge in [-0.05, 0) is 24.3 Å². The second-order valence-corrected chi connectivity index (χ2v) is 15.6. The fourth-order valence-electron chi connectivity index (χ4n) is 8.33. The van der Waals surface area contributed by atoms with Crippen LogP contribution in [-0.2, 0) is 13.0 Å². The number of ketones is 2. The summed E-state index contributed by atoms with van der Waals surface area (Å²) in [6, 6.07) is 26.5. The Labute approximate surface area is 399 Å². The minimum Gasteiger partial charge on any atom is -0.293 e. The van der Waals surface area contributed by atoms with Crippen LogP contribution < -0.4 is 26.4 Å². The summed E-state index contributed by atoms with van der Waals surface area (Å²) in [7, 11) is 0. The van der Waals surface area contributed by atoms with E-state index in [0.717, 1.165) is 10.9 Å². The molecule has 0 radical (unpaired) electrons. The number of Topliss-reactive ketones (excluding diaryl/α,β-unsaturated/α-hetero) is 2. The lowest BCUT2D eigenvalue weighted by Crippen LogP contribution is -2.81. The van der Waals surface area contributed by atoms with Crippen molar-refractivity contribution >= 4 is 50.5 Å². The average molecular weight is 1060 g/mol. The molecule has 0 amide bonds. The van der Waals surface area contributed by atoms with E-state index < -0.39 is 150 Å². The fraction of sp³-hybridized carbons (Fsp3) is 0.0408. The Morgan fingerprint density at radius 3 is 1.04 bits per heavy atom. The van der Waals surface area contributed by atoms with Gasteiger partial charge in [-0.2, -0.15) is 4.57 Å². The molecule has 0 atom stereocenters. The summed E-state index contributed by atoms with van der Waals surface area (Å²) >= 11 is 0. The van der Waals surface area contributed by atoms with E-state index in [-0.39, 0.29) is 30.1 Å². The molecule has 7 aromatic carbocycles. The first-order valence-electron chi connectivity index (χ1n) is 20.3. The molecule has 74 heavy (non-hydrogen) atoms. The molecule has 0 saturated carbocycles. The van der Waals surface area contributed by atoms with Crippen molar-refractivity contribution < 1.29 is 106 Å². The van der Waals surface area contributed by atoms with Gasteiger partial charge in [0.1, 0.15) is 58.5 Å².